The van der Waals surface area contributed by atoms with Crippen molar-refractivity contribution in [2.75, 3.05) is 6.54 Å². The van der Waals surface area contributed by atoms with Gasteiger partial charge in [-0.15, -0.1) is 0 Å². The molecule has 0 aliphatic rings. The zero-order chi connectivity index (χ0) is 14.5. The van der Waals surface area contributed by atoms with Crippen LogP contribution in [-0.2, 0) is 13.0 Å². The first-order valence-corrected chi connectivity index (χ1v) is 6.88. The summed E-state index contributed by atoms with van der Waals surface area (Å²) in [7, 11) is 0. The largest absolute Gasteiger partial charge is 0.313 e. The van der Waals surface area contributed by atoms with Crippen molar-refractivity contribution in [1.29, 1.82) is 0 Å². The van der Waals surface area contributed by atoms with Crippen molar-refractivity contribution >= 4 is 0 Å². The summed E-state index contributed by atoms with van der Waals surface area (Å²) in [5.74, 6) is 0.519. The summed E-state index contributed by atoms with van der Waals surface area (Å²) in [6.45, 7) is 7.77. The SMILES string of the molecule is CCNCc1c(C)nc(Cc2cccc(F)c2)nc1C. The molecule has 0 saturated heterocycles. The van der Waals surface area contributed by atoms with Crippen LogP contribution in [-0.4, -0.2) is 16.5 Å². The Hall–Kier alpha value is -1.81. The van der Waals surface area contributed by atoms with Crippen LogP contribution in [0.5, 0.6) is 0 Å². The summed E-state index contributed by atoms with van der Waals surface area (Å²) in [5, 5.41) is 3.29. The Labute approximate surface area is 119 Å². The van der Waals surface area contributed by atoms with Crippen LogP contribution in [0.15, 0.2) is 24.3 Å². The van der Waals surface area contributed by atoms with Gasteiger partial charge in [-0.05, 0) is 38.1 Å². The maximum absolute atomic E-state index is 13.2. The van der Waals surface area contributed by atoms with Gasteiger partial charge in [-0.25, -0.2) is 14.4 Å². The van der Waals surface area contributed by atoms with Crippen molar-refractivity contribution < 1.29 is 4.39 Å². The molecular weight excluding hydrogens is 253 g/mol. The van der Waals surface area contributed by atoms with Crippen LogP contribution in [0.25, 0.3) is 0 Å². The van der Waals surface area contributed by atoms with Gasteiger partial charge >= 0.3 is 0 Å². The highest BCUT2D eigenvalue weighted by Gasteiger charge is 2.09. The van der Waals surface area contributed by atoms with Crippen molar-refractivity contribution in [3.8, 4) is 0 Å². The van der Waals surface area contributed by atoms with Crippen molar-refractivity contribution in [2.45, 2.75) is 33.7 Å². The van der Waals surface area contributed by atoms with Gasteiger partial charge in [-0.2, -0.15) is 0 Å². The molecule has 0 saturated carbocycles. The van der Waals surface area contributed by atoms with E-state index >= 15 is 0 Å². The molecule has 0 bridgehead atoms. The normalized spacial score (nSPS) is 10.8. The summed E-state index contributed by atoms with van der Waals surface area (Å²) in [5.41, 5.74) is 4.02. The van der Waals surface area contributed by atoms with E-state index in [2.05, 4.69) is 22.2 Å². The standard InChI is InChI=1S/C16H20FN3/c1-4-18-10-15-11(2)19-16(20-12(15)3)9-13-6-5-7-14(17)8-13/h5-8,18H,4,9-10H2,1-3H3. The Morgan fingerprint density at radius 3 is 2.45 bits per heavy atom. The van der Waals surface area contributed by atoms with E-state index < -0.39 is 0 Å². The maximum atomic E-state index is 13.2. The average molecular weight is 273 g/mol. The maximum Gasteiger partial charge on any atom is 0.133 e. The van der Waals surface area contributed by atoms with Crippen molar-refractivity contribution in [3.05, 3.63) is 58.4 Å². The number of benzene rings is 1. The smallest absolute Gasteiger partial charge is 0.133 e. The summed E-state index contributed by atoms with van der Waals surface area (Å²) < 4.78 is 13.2. The minimum atomic E-state index is -0.222. The lowest BCUT2D eigenvalue weighted by molar-refractivity contribution is 0.625. The lowest BCUT2D eigenvalue weighted by Gasteiger charge is -2.11. The molecule has 1 N–H and O–H groups in total. The highest BCUT2D eigenvalue weighted by atomic mass is 19.1. The Bertz CT molecular complexity index is 573. The van der Waals surface area contributed by atoms with Crippen molar-refractivity contribution in [1.82, 2.24) is 15.3 Å². The van der Waals surface area contributed by atoms with Gasteiger partial charge in [0.25, 0.3) is 0 Å². The molecule has 0 atom stereocenters. The Morgan fingerprint density at radius 2 is 1.85 bits per heavy atom. The second-order valence-electron chi connectivity index (χ2n) is 4.88. The molecule has 0 aliphatic heterocycles. The topological polar surface area (TPSA) is 37.8 Å². The number of halogens is 1. The van der Waals surface area contributed by atoms with Crippen LogP contribution in [0.4, 0.5) is 4.39 Å². The molecule has 0 spiro atoms. The van der Waals surface area contributed by atoms with Crippen LogP contribution in [0, 0.1) is 19.7 Å². The Morgan fingerprint density at radius 1 is 1.15 bits per heavy atom. The van der Waals surface area contributed by atoms with Gasteiger partial charge < -0.3 is 5.32 Å². The van der Waals surface area contributed by atoms with Gasteiger partial charge in [0.1, 0.15) is 11.6 Å². The molecular formula is C16H20FN3. The molecule has 3 nitrogen and oxygen atoms in total. The summed E-state index contributed by atoms with van der Waals surface area (Å²) in [6.07, 6.45) is 0.556. The third kappa shape index (κ3) is 3.61. The molecule has 2 aromatic rings. The first kappa shape index (κ1) is 14.6. The third-order valence-electron chi connectivity index (χ3n) is 3.27. The van der Waals surface area contributed by atoms with Gasteiger partial charge in [-0.1, -0.05) is 19.1 Å². The molecule has 4 heteroatoms. The fourth-order valence-electron chi connectivity index (χ4n) is 2.22. The number of hydrogen-bond donors (Lipinski definition) is 1. The van der Waals surface area contributed by atoms with Gasteiger partial charge in [0.15, 0.2) is 0 Å². The first-order chi connectivity index (χ1) is 9.60. The summed E-state index contributed by atoms with van der Waals surface area (Å²) in [6, 6.07) is 6.58. The average Bonchev–Trinajstić information content (AvgIpc) is 2.38. The van der Waals surface area contributed by atoms with Crippen LogP contribution < -0.4 is 5.32 Å². The number of nitrogens with zero attached hydrogens (tertiary/aromatic N) is 2. The highest BCUT2D eigenvalue weighted by Crippen LogP contribution is 2.13. The molecule has 0 radical (unpaired) electrons. The van der Waals surface area contributed by atoms with E-state index in [1.807, 2.05) is 19.9 Å². The molecule has 0 aliphatic carbocycles. The van der Waals surface area contributed by atoms with E-state index in [0.717, 1.165) is 41.4 Å². The fraction of sp³-hybridized carbons (Fsp3) is 0.375. The van der Waals surface area contributed by atoms with Gasteiger partial charge in [0, 0.05) is 29.9 Å². The molecule has 1 heterocycles. The van der Waals surface area contributed by atoms with Crippen LogP contribution in [0.1, 0.15) is 35.3 Å². The van der Waals surface area contributed by atoms with Crippen LogP contribution >= 0.6 is 0 Å². The van der Waals surface area contributed by atoms with Crippen molar-refractivity contribution in [2.24, 2.45) is 0 Å². The quantitative estimate of drug-likeness (QED) is 0.910. The van der Waals surface area contributed by atoms with E-state index in [1.165, 1.54) is 12.1 Å². The van der Waals surface area contributed by atoms with E-state index in [0.29, 0.717) is 6.42 Å². The van der Waals surface area contributed by atoms with E-state index in [1.54, 1.807) is 6.07 Å². The summed E-state index contributed by atoms with van der Waals surface area (Å²) >= 11 is 0. The molecule has 20 heavy (non-hydrogen) atoms. The molecule has 0 fully saturated rings. The fourth-order valence-corrected chi connectivity index (χ4v) is 2.22. The molecule has 1 aromatic carbocycles. The molecule has 0 unspecified atom stereocenters. The highest BCUT2D eigenvalue weighted by molar-refractivity contribution is 5.26. The minimum Gasteiger partial charge on any atom is -0.313 e. The van der Waals surface area contributed by atoms with Gasteiger partial charge in [0.2, 0.25) is 0 Å². The monoisotopic (exact) mass is 273 g/mol. The van der Waals surface area contributed by atoms with Gasteiger partial charge in [-0.3, -0.25) is 0 Å². The Balaban J connectivity index is 2.21. The number of hydrogen-bond acceptors (Lipinski definition) is 3. The zero-order valence-electron chi connectivity index (χ0n) is 12.2. The zero-order valence-corrected chi connectivity index (χ0v) is 12.2. The lowest BCUT2D eigenvalue weighted by Crippen LogP contribution is -2.16. The summed E-state index contributed by atoms with van der Waals surface area (Å²) in [4.78, 5) is 9.08. The number of aryl methyl sites for hydroxylation is 2. The van der Waals surface area contributed by atoms with Crippen molar-refractivity contribution in [3.63, 3.8) is 0 Å². The van der Waals surface area contributed by atoms with E-state index in [9.17, 15) is 4.39 Å². The van der Waals surface area contributed by atoms with Crippen LogP contribution in [0.3, 0.4) is 0 Å². The van der Waals surface area contributed by atoms with Crippen LogP contribution in [0.2, 0.25) is 0 Å². The third-order valence-corrected chi connectivity index (χ3v) is 3.27. The molecule has 106 valence electrons. The number of rotatable bonds is 5. The van der Waals surface area contributed by atoms with Gasteiger partial charge in [0.05, 0.1) is 0 Å². The number of aromatic nitrogens is 2. The molecule has 1 aromatic heterocycles. The second kappa shape index (κ2) is 6.57. The molecule has 0 amide bonds. The second-order valence-corrected chi connectivity index (χ2v) is 4.88. The molecule has 2 rings (SSSR count). The predicted molar refractivity (Wildman–Crippen MR) is 78.1 cm³/mol. The Kier molecular flexibility index (Phi) is 4.79. The first-order valence-electron chi connectivity index (χ1n) is 6.88. The number of nitrogens with one attached hydrogen (secondary N) is 1. The van der Waals surface area contributed by atoms with E-state index in [4.69, 9.17) is 0 Å². The predicted octanol–water partition coefficient (Wildman–Crippen LogP) is 2.93. The lowest BCUT2D eigenvalue weighted by atomic mass is 10.1. The van der Waals surface area contributed by atoms with E-state index in [-0.39, 0.29) is 5.82 Å². The minimum absolute atomic E-state index is 0.222.